The summed E-state index contributed by atoms with van der Waals surface area (Å²) in [5, 5.41) is 2.89. The summed E-state index contributed by atoms with van der Waals surface area (Å²) in [6.45, 7) is 2.36. The molecule has 0 aliphatic rings. The predicted octanol–water partition coefficient (Wildman–Crippen LogP) is 3.48. The second-order valence-electron chi connectivity index (χ2n) is 6.02. The second kappa shape index (κ2) is 8.38. The molecule has 1 aromatic carbocycles. The Hall–Kier alpha value is -3.02. The van der Waals surface area contributed by atoms with Crippen LogP contribution in [0.5, 0.6) is 0 Å². The topological polar surface area (TPSA) is 68.0 Å². The lowest BCUT2D eigenvalue weighted by Gasteiger charge is -2.04. The smallest absolute Gasteiger partial charge is 0.226 e. The van der Waals surface area contributed by atoms with Crippen molar-refractivity contribution in [3.05, 3.63) is 71.6 Å². The van der Waals surface area contributed by atoms with E-state index in [0.717, 1.165) is 18.4 Å². The zero-order valence-corrected chi connectivity index (χ0v) is 14.5. The molecule has 5 nitrogen and oxygen atoms in total. The average molecular weight is 353 g/mol. The van der Waals surface area contributed by atoms with Crippen LogP contribution < -0.4 is 5.32 Å². The third-order valence-corrected chi connectivity index (χ3v) is 4.00. The quantitative estimate of drug-likeness (QED) is 0.661. The first-order valence-corrected chi connectivity index (χ1v) is 8.49. The standard InChI is InChI=1S/C20H20FN3O2/c1-14-18(24-20(26-14)16-6-8-17(21)9-7-16)12-19(25)23-11-3-5-15-4-2-10-22-13-15/h2,4,6-10,13H,3,5,11-12H2,1H3,(H,23,25). The summed E-state index contributed by atoms with van der Waals surface area (Å²) in [5.74, 6) is 0.567. The highest BCUT2D eigenvalue weighted by atomic mass is 19.1. The van der Waals surface area contributed by atoms with Gasteiger partial charge in [0.1, 0.15) is 11.6 Å². The average Bonchev–Trinajstić information content (AvgIpc) is 3.01. The van der Waals surface area contributed by atoms with Crippen molar-refractivity contribution in [2.75, 3.05) is 6.54 Å². The van der Waals surface area contributed by atoms with Gasteiger partial charge < -0.3 is 9.73 Å². The van der Waals surface area contributed by atoms with Crippen LogP contribution in [0.3, 0.4) is 0 Å². The number of pyridine rings is 1. The normalized spacial score (nSPS) is 10.7. The summed E-state index contributed by atoms with van der Waals surface area (Å²) >= 11 is 0. The van der Waals surface area contributed by atoms with E-state index in [2.05, 4.69) is 15.3 Å². The minimum absolute atomic E-state index is 0.0988. The summed E-state index contributed by atoms with van der Waals surface area (Å²) in [6.07, 6.45) is 5.44. The Bertz CT molecular complexity index is 861. The van der Waals surface area contributed by atoms with E-state index in [9.17, 15) is 9.18 Å². The Morgan fingerprint density at radius 3 is 2.77 bits per heavy atom. The van der Waals surface area contributed by atoms with Crippen LogP contribution in [0.15, 0.2) is 53.2 Å². The van der Waals surface area contributed by atoms with Crippen LogP contribution in [-0.4, -0.2) is 22.4 Å². The number of rotatable bonds is 7. The molecule has 0 fully saturated rings. The summed E-state index contributed by atoms with van der Waals surface area (Å²) < 4.78 is 18.6. The van der Waals surface area contributed by atoms with Crippen LogP contribution >= 0.6 is 0 Å². The fourth-order valence-electron chi connectivity index (χ4n) is 2.59. The number of carbonyl (C=O) groups is 1. The van der Waals surface area contributed by atoms with Crippen molar-refractivity contribution in [2.24, 2.45) is 0 Å². The largest absolute Gasteiger partial charge is 0.441 e. The van der Waals surface area contributed by atoms with Crippen molar-refractivity contribution >= 4 is 5.91 Å². The summed E-state index contributed by atoms with van der Waals surface area (Å²) in [7, 11) is 0. The molecule has 2 aromatic heterocycles. The third-order valence-electron chi connectivity index (χ3n) is 4.00. The van der Waals surface area contributed by atoms with E-state index < -0.39 is 0 Å². The van der Waals surface area contributed by atoms with E-state index in [1.54, 1.807) is 25.3 Å². The zero-order chi connectivity index (χ0) is 18.4. The van der Waals surface area contributed by atoms with Gasteiger partial charge in [-0.25, -0.2) is 9.37 Å². The maximum atomic E-state index is 13.0. The molecular formula is C20H20FN3O2. The number of benzene rings is 1. The van der Waals surface area contributed by atoms with Gasteiger partial charge in [0.25, 0.3) is 0 Å². The molecule has 2 heterocycles. The summed E-state index contributed by atoms with van der Waals surface area (Å²) in [4.78, 5) is 20.5. The van der Waals surface area contributed by atoms with Gasteiger partial charge in [0.2, 0.25) is 11.8 Å². The van der Waals surface area contributed by atoms with Gasteiger partial charge in [0, 0.05) is 24.5 Å². The number of aromatic nitrogens is 2. The van der Waals surface area contributed by atoms with Gasteiger partial charge in [-0.2, -0.15) is 0 Å². The minimum Gasteiger partial charge on any atom is -0.441 e. The van der Waals surface area contributed by atoms with Crippen LogP contribution in [-0.2, 0) is 17.6 Å². The number of amides is 1. The molecule has 1 amide bonds. The number of carbonyl (C=O) groups excluding carboxylic acids is 1. The second-order valence-corrected chi connectivity index (χ2v) is 6.02. The fourth-order valence-corrected chi connectivity index (χ4v) is 2.59. The maximum absolute atomic E-state index is 13.0. The highest BCUT2D eigenvalue weighted by molar-refractivity contribution is 5.78. The van der Waals surface area contributed by atoms with Crippen molar-refractivity contribution in [3.8, 4) is 11.5 Å². The van der Waals surface area contributed by atoms with Gasteiger partial charge in [-0.15, -0.1) is 0 Å². The Balaban J connectivity index is 1.50. The Morgan fingerprint density at radius 2 is 2.04 bits per heavy atom. The van der Waals surface area contributed by atoms with Gasteiger partial charge in [-0.3, -0.25) is 9.78 Å². The molecule has 26 heavy (non-hydrogen) atoms. The molecule has 0 aliphatic heterocycles. The first-order chi connectivity index (χ1) is 12.6. The molecule has 134 valence electrons. The van der Waals surface area contributed by atoms with Crippen LogP contribution in [0, 0.1) is 12.7 Å². The molecule has 1 N–H and O–H groups in total. The van der Waals surface area contributed by atoms with Crippen LogP contribution in [0.4, 0.5) is 4.39 Å². The van der Waals surface area contributed by atoms with Crippen LogP contribution in [0.1, 0.15) is 23.4 Å². The zero-order valence-electron chi connectivity index (χ0n) is 14.5. The molecule has 6 heteroatoms. The molecule has 0 saturated heterocycles. The van der Waals surface area contributed by atoms with Crippen molar-refractivity contribution in [2.45, 2.75) is 26.2 Å². The van der Waals surface area contributed by atoms with E-state index in [0.29, 0.717) is 29.5 Å². The molecule has 0 bridgehead atoms. The van der Waals surface area contributed by atoms with Crippen LogP contribution in [0.2, 0.25) is 0 Å². The number of hydrogen-bond acceptors (Lipinski definition) is 4. The van der Waals surface area contributed by atoms with E-state index in [1.807, 2.05) is 18.3 Å². The van der Waals surface area contributed by atoms with E-state index in [1.165, 1.54) is 12.1 Å². The highest BCUT2D eigenvalue weighted by Gasteiger charge is 2.14. The number of oxazole rings is 1. The lowest BCUT2D eigenvalue weighted by molar-refractivity contribution is -0.120. The van der Waals surface area contributed by atoms with Gasteiger partial charge in [-0.05, 0) is 55.7 Å². The van der Waals surface area contributed by atoms with Crippen molar-refractivity contribution in [1.82, 2.24) is 15.3 Å². The molecule has 0 unspecified atom stereocenters. The van der Waals surface area contributed by atoms with E-state index in [4.69, 9.17) is 4.42 Å². The number of nitrogens with zero attached hydrogens (tertiary/aromatic N) is 2. The summed E-state index contributed by atoms with van der Waals surface area (Å²) in [6, 6.07) is 9.82. The molecule has 3 rings (SSSR count). The Labute approximate surface area is 151 Å². The van der Waals surface area contributed by atoms with Crippen molar-refractivity contribution in [3.63, 3.8) is 0 Å². The van der Waals surface area contributed by atoms with Gasteiger partial charge >= 0.3 is 0 Å². The maximum Gasteiger partial charge on any atom is 0.226 e. The summed E-state index contributed by atoms with van der Waals surface area (Å²) in [5.41, 5.74) is 2.42. The van der Waals surface area contributed by atoms with Crippen LogP contribution in [0.25, 0.3) is 11.5 Å². The molecule has 0 spiro atoms. The molecule has 0 atom stereocenters. The van der Waals surface area contributed by atoms with Gasteiger partial charge in [-0.1, -0.05) is 6.07 Å². The Morgan fingerprint density at radius 1 is 1.23 bits per heavy atom. The lowest BCUT2D eigenvalue weighted by atomic mass is 10.1. The van der Waals surface area contributed by atoms with Crippen molar-refractivity contribution < 1.29 is 13.6 Å². The SMILES string of the molecule is Cc1oc(-c2ccc(F)cc2)nc1CC(=O)NCCCc1cccnc1. The molecule has 0 saturated carbocycles. The predicted molar refractivity (Wildman–Crippen MR) is 95.9 cm³/mol. The molecular weight excluding hydrogens is 333 g/mol. The number of halogens is 1. The number of aryl methyl sites for hydroxylation is 2. The lowest BCUT2D eigenvalue weighted by Crippen LogP contribution is -2.26. The van der Waals surface area contributed by atoms with E-state index in [-0.39, 0.29) is 18.1 Å². The van der Waals surface area contributed by atoms with Gasteiger partial charge in [0.05, 0.1) is 12.1 Å². The fraction of sp³-hybridized carbons (Fsp3) is 0.250. The monoisotopic (exact) mass is 353 g/mol. The first kappa shape index (κ1) is 17.8. The molecule has 3 aromatic rings. The Kier molecular flexibility index (Phi) is 5.73. The molecule has 0 radical (unpaired) electrons. The van der Waals surface area contributed by atoms with E-state index >= 15 is 0 Å². The highest BCUT2D eigenvalue weighted by Crippen LogP contribution is 2.22. The van der Waals surface area contributed by atoms with Crippen molar-refractivity contribution in [1.29, 1.82) is 0 Å². The first-order valence-electron chi connectivity index (χ1n) is 8.49. The van der Waals surface area contributed by atoms with Gasteiger partial charge in [0.15, 0.2) is 0 Å². The number of nitrogens with one attached hydrogen (secondary N) is 1. The third kappa shape index (κ3) is 4.75. The number of hydrogen-bond donors (Lipinski definition) is 1. The minimum atomic E-state index is -0.317. The molecule has 0 aliphatic carbocycles.